The summed E-state index contributed by atoms with van der Waals surface area (Å²) in [4.78, 5) is 26.6. The molecule has 0 spiro atoms. The van der Waals surface area contributed by atoms with E-state index in [1.807, 2.05) is 0 Å². The largest absolute Gasteiger partial charge is 0.478 e. The number of nitrogens with one attached hydrogen (secondary N) is 2. The summed E-state index contributed by atoms with van der Waals surface area (Å²) in [5.74, 6) is -1.73. The summed E-state index contributed by atoms with van der Waals surface area (Å²) < 4.78 is 0. The second-order valence-electron chi connectivity index (χ2n) is 5.09. The second kappa shape index (κ2) is 5.35. The van der Waals surface area contributed by atoms with Crippen LogP contribution in [0.1, 0.15) is 24.0 Å². The van der Waals surface area contributed by atoms with E-state index < -0.39 is 11.9 Å². The van der Waals surface area contributed by atoms with Gasteiger partial charge in [0.05, 0.1) is 17.1 Å². The third kappa shape index (κ3) is 2.29. The topological polar surface area (TPSA) is 82.2 Å². The Morgan fingerprint density at radius 2 is 2.09 bits per heavy atom. The molecule has 5 nitrogen and oxygen atoms in total. The van der Waals surface area contributed by atoms with E-state index in [2.05, 4.69) is 10.3 Å². The molecule has 0 bridgehead atoms. The predicted octanol–water partition coefficient (Wildman–Crippen LogP) is 2.94. The first-order chi connectivity index (χ1) is 10.5. The fourth-order valence-electron chi connectivity index (χ4n) is 2.82. The van der Waals surface area contributed by atoms with Crippen LogP contribution in [-0.4, -0.2) is 16.1 Å². The number of hydrogen-bond acceptors (Lipinski definition) is 3. The van der Waals surface area contributed by atoms with E-state index in [0.717, 1.165) is 0 Å². The number of carbonyl (C=O) groups is 1. The van der Waals surface area contributed by atoms with E-state index in [1.54, 1.807) is 37.3 Å². The van der Waals surface area contributed by atoms with Gasteiger partial charge in [-0.2, -0.15) is 0 Å². The number of hydrogen-bond donors (Lipinski definition) is 3. The van der Waals surface area contributed by atoms with E-state index in [4.69, 9.17) is 11.6 Å². The van der Waals surface area contributed by atoms with Crippen molar-refractivity contribution in [2.45, 2.75) is 12.8 Å². The van der Waals surface area contributed by atoms with E-state index in [-0.39, 0.29) is 11.1 Å². The molecule has 1 aliphatic heterocycles. The lowest BCUT2D eigenvalue weighted by molar-refractivity contribution is -0.132. The van der Waals surface area contributed by atoms with Crippen molar-refractivity contribution in [2.75, 3.05) is 5.32 Å². The average molecular weight is 317 g/mol. The fraction of sp³-hybridized carbons (Fsp3) is 0.125. The molecule has 0 saturated heterocycles. The van der Waals surface area contributed by atoms with Crippen LogP contribution < -0.4 is 10.9 Å². The second-order valence-corrected chi connectivity index (χ2v) is 5.53. The van der Waals surface area contributed by atoms with Gasteiger partial charge in [0.15, 0.2) is 0 Å². The molecule has 112 valence electrons. The number of anilines is 1. The number of H-pyrrole nitrogens is 1. The van der Waals surface area contributed by atoms with Gasteiger partial charge in [0, 0.05) is 22.6 Å². The highest BCUT2D eigenvalue weighted by Gasteiger charge is 2.34. The minimum Gasteiger partial charge on any atom is -0.478 e. The molecule has 1 aromatic carbocycles. The summed E-state index contributed by atoms with van der Waals surface area (Å²) in [7, 11) is 0. The Morgan fingerprint density at radius 3 is 2.77 bits per heavy atom. The zero-order valence-corrected chi connectivity index (χ0v) is 12.4. The molecule has 0 radical (unpaired) electrons. The van der Waals surface area contributed by atoms with Crippen LogP contribution in [0.2, 0.25) is 5.02 Å². The highest BCUT2D eigenvalue weighted by molar-refractivity contribution is 6.30. The van der Waals surface area contributed by atoms with Gasteiger partial charge in [-0.15, -0.1) is 0 Å². The zero-order valence-electron chi connectivity index (χ0n) is 11.7. The van der Waals surface area contributed by atoms with Crippen molar-refractivity contribution in [3.05, 3.63) is 74.3 Å². The van der Waals surface area contributed by atoms with Crippen molar-refractivity contribution in [3.63, 3.8) is 0 Å². The molecule has 1 atom stereocenters. The number of aliphatic carboxylic acids is 1. The number of pyridine rings is 1. The Labute approximate surface area is 131 Å². The fourth-order valence-corrected chi connectivity index (χ4v) is 3.02. The van der Waals surface area contributed by atoms with E-state index in [1.165, 1.54) is 6.20 Å². The summed E-state index contributed by atoms with van der Waals surface area (Å²) in [5.41, 5.74) is 2.00. The Hall–Kier alpha value is -2.53. The van der Waals surface area contributed by atoms with Gasteiger partial charge in [-0.1, -0.05) is 23.7 Å². The molecule has 0 fully saturated rings. The number of rotatable bonds is 2. The minimum absolute atomic E-state index is 0.145. The molecule has 2 heterocycles. The highest BCUT2D eigenvalue weighted by Crippen LogP contribution is 2.40. The van der Waals surface area contributed by atoms with Gasteiger partial charge in [-0.05, 0) is 30.7 Å². The van der Waals surface area contributed by atoms with Gasteiger partial charge in [0.25, 0.3) is 5.56 Å². The van der Waals surface area contributed by atoms with Crippen LogP contribution in [0.3, 0.4) is 0 Å². The molecule has 2 aromatic rings. The molecule has 3 rings (SSSR count). The first-order valence-electron chi connectivity index (χ1n) is 6.67. The van der Waals surface area contributed by atoms with E-state index >= 15 is 0 Å². The molecule has 3 N–H and O–H groups in total. The van der Waals surface area contributed by atoms with Crippen LogP contribution in [0.5, 0.6) is 0 Å². The van der Waals surface area contributed by atoms with Gasteiger partial charge in [-0.25, -0.2) is 4.79 Å². The number of allylic oxidation sites excluding steroid dienone is 1. The van der Waals surface area contributed by atoms with Gasteiger partial charge < -0.3 is 15.4 Å². The zero-order chi connectivity index (χ0) is 15.9. The van der Waals surface area contributed by atoms with Crippen molar-refractivity contribution in [2.24, 2.45) is 0 Å². The van der Waals surface area contributed by atoms with Crippen LogP contribution in [0.25, 0.3) is 0 Å². The van der Waals surface area contributed by atoms with Gasteiger partial charge >= 0.3 is 5.97 Å². The van der Waals surface area contributed by atoms with Crippen LogP contribution in [0.4, 0.5) is 5.69 Å². The van der Waals surface area contributed by atoms with Crippen molar-refractivity contribution in [1.29, 1.82) is 0 Å². The first-order valence-corrected chi connectivity index (χ1v) is 7.05. The van der Waals surface area contributed by atoms with Gasteiger partial charge in [0.2, 0.25) is 0 Å². The molecule has 1 aliphatic rings. The molecule has 6 heteroatoms. The first kappa shape index (κ1) is 14.4. The lowest BCUT2D eigenvalue weighted by atomic mass is 9.81. The molecular formula is C16H13ClN2O3. The highest BCUT2D eigenvalue weighted by atomic mass is 35.5. The van der Waals surface area contributed by atoms with Gasteiger partial charge in [0.1, 0.15) is 0 Å². The van der Waals surface area contributed by atoms with Crippen molar-refractivity contribution >= 4 is 23.3 Å². The quantitative estimate of drug-likeness (QED) is 0.795. The number of aromatic nitrogens is 1. The SMILES string of the molecule is CC1=C(C(=O)O)C(c2cccc(Cl)c2)c2c(cc[nH]c2=O)N1. The van der Waals surface area contributed by atoms with Crippen LogP contribution in [0, 0.1) is 0 Å². The number of benzene rings is 1. The maximum atomic E-state index is 12.3. The Morgan fingerprint density at radius 1 is 1.32 bits per heavy atom. The number of carboxylic acids is 1. The molecular weight excluding hydrogens is 304 g/mol. The molecule has 0 amide bonds. The van der Waals surface area contributed by atoms with E-state index in [9.17, 15) is 14.7 Å². The molecule has 0 aliphatic carbocycles. The molecule has 1 aromatic heterocycles. The lowest BCUT2D eigenvalue weighted by Gasteiger charge is -2.28. The Bertz CT molecular complexity index is 854. The summed E-state index contributed by atoms with van der Waals surface area (Å²) in [5, 5.41) is 13.1. The molecule has 22 heavy (non-hydrogen) atoms. The van der Waals surface area contributed by atoms with Crippen LogP contribution in [-0.2, 0) is 4.79 Å². The smallest absolute Gasteiger partial charge is 0.334 e. The van der Waals surface area contributed by atoms with Gasteiger partial charge in [-0.3, -0.25) is 4.79 Å². The van der Waals surface area contributed by atoms with Crippen molar-refractivity contribution in [1.82, 2.24) is 4.98 Å². The number of carboxylic acid groups (broad SMARTS) is 1. The average Bonchev–Trinajstić information content (AvgIpc) is 2.45. The lowest BCUT2D eigenvalue weighted by Crippen LogP contribution is -2.28. The Balaban J connectivity index is 2.32. The van der Waals surface area contributed by atoms with Crippen molar-refractivity contribution in [3.8, 4) is 0 Å². The summed E-state index contributed by atoms with van der Waals surface area (Å²) >= 11 is 6.03. The number of halogens is 1. The number of fused-ring (bicyclic) bond motifs is 1. The maximum Gasteiger partial charge on any atom is 0.334 e. The predicted molar refractivity (Wildman–Crippen MR) is 84.3 cm³/mol. The standard InChI is InChI=1S/C16H13ClN2O3/c1-8-12(16(21)22)13(9-3-2-4-10(17)7-9)14-11(19-8)5-6-18-15(14)20/h2-7,13,19H,1H3,(H,18,20)(H,21,22). The third-order valence-electron chi connectivity index (χ3n) is 3.72. The summed E-state index contributed by atoms with van der Waals surface area (Å²) in [6.45, 7) is 1.69. The summed E-state index contributed by atoms with van der Waals surface area (Å²) in [6, 6.07) is 8.62. The monoisotopic (exact) mass is 316 g/mol. The summed E-state index contributed by atoms with van der Waals surface area (Å²) in [6.07, 6.45) is 1.53. The van der Waals surface area contributed by atoms with Crippen LogP contribution in [0.15, 0.2) is 52.6 Å². The molecule has 0 saturated carbocycles. The van der Waals surface area contributed by atoms with Crippen molar-refractivity contribution < 1.29 is 9.90 Å². The number of aromatic amines is 1. The van der Waals surface area contributed by atoms with E-state index in [0.29, 0.717) is 27.5 Å². The normalized spacial score (nSPS) is 16.9. The Kier molecular flexibility index (Phi) is 3.50. The molecule has 1 unspecified atom stereocenters. The minimum atomic E-state index is -1.07. The van der Waals surface area contributed by atoms with Crippen LogP contribution >= 0.6 is 11.6 Å². The third-order valence-corrected chi connectivity index (χ3v) is 3.95. The maximum absolute atomic E-state index is 12.3.